The number of nitrogens with zero attached hydrogens (tertiary/aromatic N) is 3. The van der Waals surface area contributed by atoms with Crippen LogP contribution in [-0.2, 0) is 4.74 Å². The molecule has 0 amide bonds. The first-order chi connectivity index (χ1) is 9.76. The van der Waals surface area contributed by atoms with Crippen LogP contribution >= 0.6 is 0 Å². The van der Waals surface area contributed by atoms with Gasteiger partial charge in [-0.15, -0.1) is 0 Å². The van der Waals surface area contributed by atoms with E-state index in [9.17, 15) is 9.90 Å². The van der Waals surface area contributed by atoms with Crippen LogP contribution in [0.4, 0.5) is 5.82 Å². The highest BCUT2D eigenvalue weighted by Gasteiger charge is 2.23. The number of esters is 1. The van der Waals surface area contributed by atoms with Gasteiger partial charge in [-0.1, -0.05) is 19.3 Å². The molecule has 110 valence electrons. The van der Waals surface area contributed by atoms with Gasteiger partial charge in [-0.05, 0) is 12.8 Å². The van der Waals surface area contributed by atoms with Crippen molar-refractivity contribution in [3.8, 4) is 0 Å². The number of ether oxygens (including phenoxy) is 1. The molecule has 0 spiro atoms. The predicted octanol–water partition coefficient (Wildman–Crippen LogP) is 1.39. The molecule has 6 heteroatoms. The summed E-state index contributed by atoms with van der Waals surface area (Å²) in [5.74, 6) is 0.140. The highest BCUT2D eigenvalue weighted by atomic mass is 16.5. The first-order valence-electron chi connectivity index (χ1n) is 7.04. The Morgan fingerprint density at radius 3 is 2.80 bits per heavy atom. The van der Waals surface area contributed by atoms with Crippen LogP contribution in [0.5, 0.6) is 0 Å². The van der Waals surface area contributed by atoms with Crippen molar-refractivity contribution in [1.29, 1.82) is 0 Å². The molecule has 1 heterocycles. The molecule has 1 fully saturated rings. The Hall–Kier alpha value is -1.69. The molecule has 0 radical (unpaired) electrons. The van der Waals surface area contributed by atoms with Gasteiger partial charge >= 0.3 is 5.97 Å². The van der Waals surface area contributed by atoms with Gasteiger partial charge < -0.3 is 14.7 Å². The van der Waals surface area contributed by atoms with Gasteiger partial charge in [-0.2, -0.15) is 0 Å². The number of hydrogen-bond donors (Lipinski definition) is 1. The third-order valence-corrected chi connectivity index (χ3v) is 3.67. The maximum Gasteiger partial charge on any atom is 0.358 e. The average Bonchev–Trinajstić information content (AvgIpc) is 2.52. The molecule has 20 heavy (non-hydrogen) atoms. The number of methoxy groups -OCH3 is 1. The van der Waals surface area contributed by atoms with Crippen LogP contribution in [0.25, 0.3) is 0 Å². The van der Waals surface area contributed by atoms with Gasteiger partial charge in [-0.25, -0.2) is 9.78 Å². The zero-order valence-electron chi connectivity index (χ0n) is 11.8. The SMILES string of the molecule is COC(=O)c1cncc(N(CCO)C2CCCCC2)n1. The molecule has 1 saturated carbocycles. The van der Waals surface area contributed by atoms with Crippen molar-refractivity contribution < 1.29 is 14.6 Å². The maximum atomic E-state index is 11.5. The van der Waals surface area contributed by atoms with Gasteiger partial charge in [0.25, 0.3) is 0 Å². The van der Waals surface area contributed by atoms with Gasteiger partial charge in [0, 0.05) is 12.6 Å². The highest BCUT2D eigenvalue weighted by Crippen LogP contribution is 2.25. The summed E-state index contributed by atoms with van der Waals surface area (Å²) >= 11 is 0. The van der Waals surface area contributed by atoms with Crippen molar-refractivity contribution in [3.63, 3.8) is 0 Å². The van der Waals surface area contributed by atoms with Crippen LogP contribution in [-0.4, -0.2) is 47.3 Å². The van der Waals surface area contributed by atoms with Crippen molar-refractivity contribution in [2.45, 2.75) is 38.1 Å². The van der Waals surface area contributed by atoms with E-state index in [4.69, 9.17) is 0 Å². The van der Waals surface area contributed by atoms with Crippen LogP contribution in [0.15, 0.2) is 12.4 Å². The molecular formula is C14H21N3O3. The third kappa shape index (κ3) is 3.45. The van der Waals surface area contributed by atoms with E-state index in [2.05, 4.69) is 19.6 Å². The number of aliphatic hydroxyl groups excluding tert-OH is 1. The van der Waals surface area contributed by atoms with Crippen molar-refractivity contribution in [2.75, 3.05) is 25.2 Å². The predicted molar refractivity (Wildman–Crippen MR) is 74.7 cm³/mol. The number of rotatable bonds is 5. The minimum atomic E-state index is -0.494. The lowest BCUT2D eigenvalue weighted by Crippen LogP contribution is -2.39. The summed E-state index contributed by atoms with van der Waals surface area (Å²) in [6, 6.07) is 0.359. The Bertz CT molecular complexity index is 447. The van der Waals surface area contributed by atoms with E-state index in [0.717, 1.165) is 12.8 Å². The molecule has 0 aromatic carbocycles. The minimum Gasteiger partial charge on any atom is -0.464 e. The fourth-order valence-electron chi connectivity index (χ4n) is 2.68. The molecule has 0 bridgehead atoms. The van der Waals surface area contributed by atoms with Crippen molar-refractivity contribution in [2.24, 2.45) is 0 Å². The zero-order chi connectivity index (χ0) is 14.4. The van der Waals surface area contributed by atoms with Crippen molar-refractivity contribution in [1.82, 2.24) is 9.97 Å². The van der Waals surface area contributed by atoms with Gasteiger partial charge in [-0.3, -0.25) is 4.98 Å². The first-order valence-corrected chi connectivity index (χ1v) is 7.04. The topological polar surface area (TPSA) is 75.5 Å². The largest absolute Gasteiger partial charge is 0.464 e. The van der Waals surface area contributed by atoms with E-state index in [1.807, 2.05) is 0 Å². The van der Waals surface area contributed by atoms with Crippen molar-refractivity contribution >= 4 is 11.8 Å². The summed E-state index contributed by atoms with van der Waals surface area (Å²) in [6.07, 6.45) is 8.85. The molecule has 1 N–H and O–H groups in total. The van der Waals surface area contributed by atoms with Gasteiger partial charge in [0.05, 0.1) is 26.1 Å². The molecule has 0 atom stereocenters. The van der Waals surface area contributed by atoms with Gasteiger partial charge in [0.1, 0.15) is 5.82 Å². The Balaban J connectivity index is 2.21. The lowest BCUT2D eigenvalue weighted by Gasteiger charge is -2.34. The maximum absolute atomic E-state index is 11.5. The molecular weight excluding hydrogens is 258 g/mol. The molecule has 6 nitrogen and oxygen atoms in total. The van der Waals surface area contributed by atoms with Gasteiger partial charge in [0.2, 0.25) is 0 Å². The Kier molecular flexibility index (Phi) is 5.29. The second-order valence-corrected chi connectivity index (χ2v) is 4.96. The fraction of sp³-hybridized carbons (Fsp3) is 0.643. The highest BCUT2D eigenvalue weighted by molar-refractivity contribution is 5.87. The van der Waals surface area contributed by atoms with E-state index < -0.39 is 5.97 Å². The van der Waals surface area contributed by atoms with E-state index in [0.29, 0.717) is 18.4 Å². The summed E-state index contributed by atoms with van der Waals surface area (Å²) in [5, 5.41) is 9.27. The minimum absolute atomic E-state index is 0.0562. The second kappa shape index (κ2) is 7.19. The number of carbonyl (C=O) groups excluding carboxylic acids is 1. The average molecular weight is 279 g/mol. The summed E-state index contributed by atoms with van der Waals surface area (Å²) in [7, 11) is 1.32. The van der Waals surface area contributed by atoms with Crippen LogP contribution in [0.1, 0.15) is 42.6 Å². The van der Waals surface area contributed by atoms with E-state index >= 15 is 0 Å². The normalized spacial score (nSPS) is 15.9. The van der Waals surface area contributed by atoms with Crippen LogP contribution in [0, 0.1) is 0 Å². The number of hydrogen-bond acceptors (Lipinski definition) is 6. The summed E-state index contributed by atoms with van der Waals surface area (Å²) in [5.41, 5.74) is 0.198. The lowest BCUT2D eigenvalue weighted by atomic mass is 9.94. The molecule has 1 aromatic heterocycles. The van der Waals surface area contributed by atoms with Crippen LogP contribution in [0.2, 0.25) is 0 Å². The van der Waals surface area contributed by atoms with E-state index in [-0.39, 0.29) is 12.3 Å². The Morgan fingerprint density at radius 1 is 1.40 bits per heavy atom. The second-order valence-electron chi connectivity index (χ2n) is 4.96. The molecule has 0 unspecified atom stereocenters. The first kappa shape index (κ1) is 14.7. The van der Waals surface area contributed by atoms with Crippen LogP contribution < -0.4 is 4.90 Å². The number of anilines is 1. The smallest absolute Gasteiger partial charge is 0.358 e. The summed E-state index contributed by atoms with van der Waals surface area (Å²) in [4.78, 5) is 22.0. The molecule has 0 aliphatic heterocycles. The molecule has 1 aliphatic rings. The number of aliphatic hydroxyl groups is 1. The van der Waals surface area contributed by atoms with E-state index in [1.165, 1.54) is 32.6 Å². The lowest BCUT2D eigenvalue weighted by molar-refractivity contribution is 0.0593. The fourth-order valence-corrected chi connectivity index (χ4v) is 2.68. The van der Waals surface area contributed by atoms with E-state index in [1.54, 1.807) is 6.20 Å². The summed E-state index contributed by atoms with van der Waals surface area (Å²) < 4.78 is 4.67. The standard InChI is InChI=1S/C14H21N3O3/c1-20-14(19)12-9-15-10-13(16-12)17(7-8-18)11-5-3-2-4-6-11/h9-11,18H,2-8H2,1H3. The number of carbonyl (C=O) groups is 1. The Morgan fingerprint density at radius 2 is 2.15 bits per heavy atom. The quantitative estimate of drug-likeness (QED) is 0.821. The molecule has 1 aliphatic carbocycles. The van der Waals surface area contributed by atoms with Crippen LogP contribution in [0.3, 0.4) is 0 Å². The molecule has 1 aromatic rings. The van der Waals surface area contributed by atoms with Crippen molar-refractivity contribution in [3.05, 3.63) is 18.1 Å². The number of aromatic nitrogens is 2. The Labute approximate surface area is 118 Å². The molecule has 2 rings (SSSR count). The monoisotopic (exact) mass is 279 g/mol. The molecule has 0 saturated heterocycles. The summed E-state index contributed by atoms with van der Waals surface area (Å²) in [6.45, 7) is 0.560. The van der Waals surface area contributed by atoms with Gasteiger partial charge in [0.15, 0.2) is 5.69 Å². The third-order valence-electron chi connectivity index (χ3n) is 3.67. The zero-order valence-corrected chi connectivity index (χ0v) is 11.8.